The van der Waals surface area contributed by atoms with E-state index in [-0.39, 0.29) is 62.4 Å². The molecule has 3 fully saturated rings. The average molecular weight is 995 g/mol. The Morgan fingerprint density at radius 2 is 1.68 bits per heavy atom. The van der Waals surface area contributed by atoms with Crippen molar-refractivity contribution < 1.29 is 53.1 Å². The molecule has 360 valence electrons. The van der Waals surface area contributed by atoms with Crippen LogP contribution >= 0.6 is 11.6 Å². The lowest BCUT2D eigenvalue weighted by molar-refractivity contribution is -0.123. The number of halogens is 9. The number of ether oxygens (including phenoxy) is 1. The monoisotopic (exact) mass is 994 g/mol. The summed E-state index contributed by atoms with van der Waals surface area (Å²) in [7, 11) is -4.09. The molecule has 5 heterocycles. The number of alkyl halides is 6. The summed E-state index contributed by atoms with van der Waals surface area (Å²) in [4.78, 5) is 40.8. The number of anilines is 2. The number of pyridine rings is 1. The maximum atomic E-state index is 15.6. The number of rotatable bonds is 14. The van der Waals surface area contributed by atoms with Crippen LogP contribution in [0.2, 0.25) is 5.02 Å². The first-order valence-electron chi connectivity index (χ1n) is 21.5. The topological polar surface area (TPSA) is 171 Å². The number of benzene rings is 2. The highest BCUT2D eigenvalue weighted by Gasteiger charge is 2.67. The molecule has 4 aliphatic rings. The second-order valence-electron chi connectivity index (χ2n) is 17.7. The van der Waals surface area contributed by atoms with Crippen molar-refractivity contribution in [2.45, 2.75) is 101 Å². The zero-order valence-electron chi connectivity index (χ0n) is 35.7. The molecule has 68 heavy (non-hydrogen) atoms. The smallest absolute Gasteiger partial charge is 0.293 e. The van der Waals surface area contributed by atoms with Crippen molar-refractivity contribution in [2.75, 3.05) is 22.7 Å². The SMILES string of the molecule is C[C@@H]1CN(c2ccc3c(=O)n(-c4ccc(Cl)c5c(NS(=O)(=O)C6CC6)nn(CC(F)F)c45)c([C@H](Cc4cc(F)cc(F)c4)NC(=O)Cn4nc(C(F)F)c5c4C(F)(F)[C@H]4C[C@@H]54)nc3n2)C[C@H](C)O1. The molecule has 0 radical (unpaired) electrons. The van der Waals surface area contributed by atoms with E-state index >= 15 is 13.6 Å². The summed E-state index contributed by atoms with van der Waals surface area (Å²) < 4.78 is 155. The van der Waals surface area contributed by atoms with Crippen molar-refractivity contribution in [3.05, 3.63) is 97.8 Å². The Bertz CT molecular complexity index is 3190. The lowest BCUT2D eigenvalue weighted by Crippen LogP contribution is -2.45. The van der Waals surface area contributed by atoms with Gasteiger partial charge in [0.2, 0.25) is 15.9 Å². The first-order valence-corrected chi connectivity index (χ1v) is 23.5. The van der Waals surface area contributed by atoms with Crippen LogP contribution in [0.4, 0.5) is 46.8 Å². The van der Waals surface area contributed by atoms with E-state index in [9.17, 15) is 39.6 Å². The summed E-state index contributed by atoms with van der Waals surface area (Å²) in [6.07, 6.45) is -6.80. The Kier molecular flexibility index (Phi) is 11.2. The second-order valence-corrected chi connectivity index (χ2v) is 20.0. The Morgan fingerprint density at radius 3 is 2.34 bits per heavy atom. The van der Waals surface area contributed by atoms with Gasteiger partial charge in [-0.05, 0) is 81.0 Å². The number of morpholine rings is 1. The number of fused-ring (bicyclic) bond motifs is 5. The molecule has 0 unspecified atom stereocenters. The van der Waals surface area contributed by atoms with Gasteiger partial charge in [-0.25, -0.2) is 44.7 Å². The van der Waals surface area contributed by atoms with Crippen LogP contribution in [0.3, 0.4) is 0 Å². The number of aromatic nitrogens is 7. The minimum Gasteiger partial charge on any atom is -0.372 e. The minimum absolute atomic E-state index is 0.0452. The van der Waals surface area contributed by atoms with Crippen LogP contribution in [-0.2, 0) is 45.0 Å². The second kappa shape index (κ2) is 16.7. The Morgan fingerprint density at radius 1 is 0.971 bits per heavy atom. The van der Waals surface area contributed by atoms with Crippen LogP contribution in [0.1, 0.15) is 79.8 Å². The molecule has 0 bridgehead atoms. The third-order valence-electron chi connectivity index (χ3n) is 12.5. The molecular weight excluding hydrogens is 956 g/mol. The zero-order chi connectivity index (χ0) is 48.3. The van der Waals surface area contributed by atoms with Crippen LogP contribution in [-0.4, -0.2) is 85.4 Å². The maximum absolute atomic E-state index is 15.6. The van der Waals surface area contributed by atoms with Crippen molar-refractivity contribution >= 4 is 61.1 Å². The van der Waals surface area contributed by atoms with Gasteiger partial charge in [0.25, 0.3) is 24.3 Å². The summed E-state index contributed by atoms with van der Waals surface area (Å²) in [6, 6.07) is 6.16. The van der Waals surface area contributed by atoms with Gasteiger partial charge in [0.05, 0.1) is 50.5 Å². The average Bonchev–Trinajstić information content (AvgIpc) is 4.17. The van der Waals surface area contributed by atoms with E-state index in [0.29, 0.717) is 42.5 Å². The van der Waals surface area contributed by atoms with Crippen LogP contribution in [0.25, 0.3) is 27.6 Å². The minimum atomic E-state index is -4.09. The molecule has 3 aliphatic carbocycles. The molecule has 4 aromatic heterocycles. The van der Waals surface area contributed by atoms with Gasteiger partial charge in [0.1, 0.15) is 47.8 Å². The first kappa shape index (κ1) is 45.9. The zero-order valence-corrected chi connectivity index (χ0v) is 37.3. The van der Waals surface area contributed by atoms with Crippen molar-refractivity contribution in [1.29, 1.82) is 0 Å². The highest BCUT2D eigenvalue weighted by Crippen LogP contribution is 2.68. The number of sulfonamides is 1. The van der Waals surface area contributed by atoms with E-state index < -0.39 is 118 Å². The van der Waals surface area contributed by atoms with Gasteiger partial charge in [0.15, 0.2) is 11.5 Å². The van der Waals surface area contributed by atoms with Gasteiger partial charge in [0, 0.05) is 37.1 Å². The van der Waals surface area contributed by atoms with Crippen molar-refractivity contribution in [3.8, 4) is 5.69 Å². The van der Waals surface area contributed by atoms with Gasteiger partial charge in [-0.15, -0.1) is 0 Å². The van der Waals surface area contributed by atoms with E-state index in [1.807, 2.05) is 18.7 Å². The molecule has 2 N–H and O–H groups in total. The molecule has 1 aliphatic heterocycles. The number of nitrogens with zero attached hydrogens (tertiary/aromatic N) is 8. The number of amides is 1. The number of hydrogen-bond acceptors (Lipinski definition) is 10. The van der Waals surface area contributed by atoms with Crippen molar-refractivity contribution in [2.24, 2.45) is 5.92 Å². The largest absolute Gasteiger partial charge is 0.372 e. The van der Waals surface area contributed by atoms with Crippen LogP contribution < -0.4 is 20.5 Å². The highest BCUT2D eigenvalue weighted by atomic mass is 35.5. The maximum Gasteiger partial charge on any atom is 0.293 e. The van der Waals surface area contributed by atoms with E-state index in [2.05, 4.69) is 20.2 Å². The fourth-order valence-electron chi connectivity index (χ4n) is 9.58. The normalized spacial score (nSPS) is 21.5. The fourth-order valence-corrected chi connectivity index (χ4v) is 11.2. The van der Waals surface area contributed by atoms with Gasteiger partial charge < -0.3 is 15.0 Å². The molecule has 5 atom stereocenters. The van der Waals surface area contributed by atoms with Crippen LogP contribution in [0.15, 0.2) is 47.3 Å². The van der Waals surface area contributed by atoms with E-state index in [1.54, 1.807) is 6.07 Å². The molecule has 25 heteroatoms. The van der Waals surface area contributed by atoms with Gasteiger partial charge in [-0.3, -0.25) is 28.2 Å². The summed E-state index contributed by atoms with van der Waals surface area (Å²) in [5, 5.41) is 9.18. The fraction of sp³-hybridized carbons (Fsp3) is 0.442. The molecule has 2 saturated carbocycles. The lowest BCUT2D eigenvalue weighted by atomic mass is 10.0. The lowest BCUT2D eigenvalue weighted by Gasteiger charge is -2.36. The summed E-state index contributed by atoms with van der Waals surface area (Å²) in [6.45, 7) is 2.25. The first-order chi connectivity index (χ1) is 32.2. The summed E-state index contributed by atoms with van der Waals surface area (Å²) in [5.41, 5.74) is -3.94. The number of carbonyl (C=O) groups excluding carboxylic acids is 1. The molecule has 15 nitrogen and oxygen atoms in total. The van der Waals surface area contributed by atoms with Gasteiger partial charge in [-0.2, -0.15) is 19.0 Å². The van der Waals surface area contributed by atoms with E-state index in [0.717, 1.165) is 21.4 Å². The Balaban J connectivity index is 1.18. The quantitative estimate of drug-likeness (QED) is 0.106. The van der Waals surface area contributed by atoms with Crippen molar-refractivity contribution in [1.82, 2.24) is 39.4 Å². The molecule has 1 saturated heterocycles. The standard InChI is InChI=1S/C43H39ClF8N10O5S/c1-18-14-59(15-19(2)67-18)31-8-5-24-39(54-31)55-41(62(42(24)64)29-7-6-27(44)34-36(29)60(16-30(47)48)57-40(34)58-68(65,66)23-3-4-23)28(11-20-9-21(45)12-22(46)10-20)53-32(63)17-61-37-33(35(56-61)38(49)50)25-13-26(25)43(37,51)52/h5-10,12,18-19,23,25-26,28,30,38H,3-4,11,13-17H2,1-2H3,(H,53,63)(H,57,58)/t18-,19+,25-,26+,28+/m1/s1. The van der Waals surface area contributed by atoms with Gasteiger partial charge >= 0.3 is 0 Å². The summed E-state index contributed by atoms with van der Waals surface area (Å²) in [5.74, 6) is -9.51. The van der Waals surface area contributed by atoms with Gasteiger partial charge in [-0.1, -0.05) is 11.6 Å². The van der Waals surface area contributed by atoms with Crippen molar-refractivity contribution in [3.63, 3.8) is 0 Å². The third-order valence-corrected chi connectivity index (χ3v) is 14.7. The third kappa shape index (κ3) is 8.20. The van der Waals surface area contributed by atoms with Crippen LogP contribution in [0, 0.1) is 17.6 Å². The van der Waals surface area contributed by atoms with E-state index in [4.69, 9.17) is 26.3 Å². The Hall–Kier alpha value is -5.88. The summed E-state index contributed by atoms with van der Waals surface area (Å²) >= 11 is 6.68. The number of hydrogen-bond donors (Lipinski definition) is 2. The van der Waals surface area contributed by atoms with E-state index in [1.165, 1.54) is 18.2 Å². The highest BCUT2D eigenvalue weighted by molar-refractivity contribution is 7.93. The predicted octanol–water partition coefficient (Wildman–Crippen LogP) is 7.29. The molecule has 10 rings (SSSR count). The molecule has 0 spiro atoms. The van der Waals surface area contributed by atoms with Crippen LogP contribution in [0.5, 0.6) is 0 Å². The Labute approximate surface area is 385 Å². The molecule has 2 aromatic carbocycles. The predicted molar refractivity (Wildman–Crippen MR) is 230 cm³/mol. The molecule has 6 aromatic rings. The number of nitrogens with one attached hydrogen (secondary N) is 2. The molecular formula is C43H39ClF8N10O5S. The molecule has 1 amide bonds. The number of carbonyl (C=O) groups is 1.